The standard InChI is InChI=1S/C5H8N2OS/c1-7-4-3-5(6-7)9-8-2/h3-4H,1-2H3. The third kappa shape index (κ3) is 1.73. The first-order valence-corrected chi connectivity index (χ1v) is 3.27. The second-order valence-corrected chi connectivity index (χ2v) is 2.50. The maximum Gasteiger partial charge on any atom is 0.145 e. The highest BCUT2D eigenvalue weighted by molar-refractivity contribution is 7.94. The van der Waals surface area contributed by atoms with Gasteiger partial charge in [-0.15, -0.1) is 0 Å². The number of aromatic nitrogens is 2. The highest BCUT2D eigenvalue weighted by Gasteiger charge is 1.93. The van der Waals surface area contributed by atoms with Gasteiger partial charge in [0.1, 0.15) is 5.03 Å². The van der Waals surface area contributed by atoms with Gasteiger partial charge in [-0.25, -0.2) is 0 Å². The number of hydrogen-bond acceptors (Lipinski definition) is 3. The molecule has 9 heavy (non-hydrogen) atoms. The summed E-state index contributed by atoms with van der Waals surface area (Å²) in [6.07, 6.45) is 1.88. The van der Waals surface area contributed by atoms with Gasteiger partial charge in [-0.3, -0.25) is 4.68 Å². The molecule has 1 heterocycles. The maximum atomic E-state index is 4.78. The van der Waals surface area contributed by atoms with Crippen LogP contribution in [-0.4, -0.2) is 16.9 Å². The first-order valence-electron chi connectivity index (χ1n) is 2.53. The Kier molecular flexibility index (Phi) is 2.13. The molecule has 0 fully saturated rings. The van der Waals surface area contributed by atoms with Crippen molar-refractivity contribution in [1.29, 1.82) is 0 Å². The van der Waals surface area contributed by atoms with Crippen molar-refractivity contribution in [1.82, 2.24) is 9.78 Å². The normalized spacial score (nSPS) is 10.0. The fourth-order valence-electron chi connectivity index (χ4n) is 0.524. The summed E-state index contributed by atoms with van der Waals surface area (Å²) in [4.78, 5) is 0. The van der Waals surface area contributed by atoms with Crippen molar-refractivity contribution in [3.8, 4) is 0 Å². The fourth-order valence-corrected chi connectivity index (χ4v) is 0.973. The molecule has 3 nitrogen and oxygen atoms in total. The summed E-state index contributed by atoms with van der Waals surface area (Å²) in [5.74, 6) is 0. The fraction of sp³-hybridized carbons (Fsp3) is 0.400. The van der Waals surface area contributed by atoms with E-state index in [1.165, 1.54) is 12.0 Å². The van der Waals surface area contributed by atoms with Crippen molar-refractivity contribution in [2.45, 2.75) is 5.03 Å². The molecule has 1 aromatic rings. The Balaban J connectivity index is 2.61. The number of rotatable bonds is 2. The van der Waals surface area contributed by atoms with E-state index in [9.17, 15) is 0 Å². The van der Waals surface area contributed by atoms with E-state index in [1.54, 1.807) is 11.8 Å². The Bertz CT molecular complexity index is 187. The van der Waals surface area contributed by atoms with Crippen LogP contribution < -0.4 is 0 Å². The van der Waals surface area contributed by atoms with Gasteiger partial charge in [0.05, 0.1) is 19.2 Å². The molecular formula is C5H8N2OS. The third-order valence-corrected chi connectivity index (χ3v) is 1.41. The predicted octanol–water partition coefficient (Wildman–Crippen LogP) is 1.07. The second kappa shape index (κ2) is 2.89. The monoisotopic (exact) mass is 144 g/mol. The van der Waals surface area contributed by atoms with Crippen LogP contribution in [0.2, 0.25) is 0 Å². The minimum atomic E-state index is 0.889. The zero-order valence-corrected chi connectivity index (χ0v) is 6.18. The molecule has 0 unspecified atom stereocenters. The Morgan fingerprint density at radius 3 is 3.00 bits per heavy atom. The lowest BCUT2D eigenvalue weighted by molar-refractivity contribution is 0.487. The first-order chi connectivity index (χ1) is 4.33. The van der Waals surface area contributed by atoms with Crippen molar-refractivity contribution in [2.75, 3.05) is 7.11 Å². The molecular weight excluding hydrogens is 136 g/mol. The molecule has 0 aliphatic heterocycles. The van der Waals surface area contributed by atoms with Crippen LogP contribution in [0.15, 0.2) is 17.3 Å². The average Bonchev–Trinajstić information content (AvgIpc) is 2.17. The summed E-state index contributed by atoms with van der Waals surface area (Å²) >= 11 is 1.26. The lowest BCUT2D eigenvalue weighted by Gasteiger charge is -1.87. The van der Waals surface area contributed by atoms with Gasteiger partial charge in [-0.1, -0.05) is 0 Å². The van der Waals surface area contributed by atoms with Crippen LogP contribution in [0, 0.1) is 0 Å². The smallest absolute Gasteiger partial charge is 0.145 e. The lowest BCUT2D eigenvalue weighted by atomic mass is 10.7. The molecule has 0 aliphatic rings. The van der Waals surface area contributed by atoms with E-state index in [0.29, 0.717) is 0 Å². The van der Waals surface area contributed by atoms with Gasteiger partial charge in [-0.05, 0) is 6.07 Å². The molecule has 1 aromatic heterocycles. The predicted molar refractivity (Wildman–Crippen MR) is 36.1 cm³/mol. The molecule has 0 aliphatic carbocycles. The Morgan fingerprint density at radius 2 is 2.56 bits per heavy atom. The molecule has 50 valence electrons. The number of nitrogens with zero attached hydrogens (tertiary/aromatic N) is 2. The molecule has 0 aromatic carbocycles. The van der Waals surface area contributed by atoms with E-state index in [2.05, 4.69) is 5.10 Å². The van der Waals surface area contributed by atoms with Crippen molar-refractivity contribution in [3.63, 3.8) is 0 Å². The van der Waals surface area contributed by atoms with Crippen LogP contribution in [0.3, 0.4) is 0 Å². The zero-order valence-electron chi connectivity index (χ0n) is 5.37. The Labute approximate surface area is 58.2 Å². The minimum absolute atomic E-state index is 0.889. The van der Waals surface area contributed by atoms with E-state index in [1.807, 2.05) is 19.3 Å². The van der Waals surface area contributed by atoms with Crippen LogP contribution in [0.5, 0.6) is 0 Å². The highest BCUT2D eigenvalue weighted by Crippen LogP contribution is 2.13. The minimum Gasteiger partial charge on any atom is -0.312 e. The maximum absolute atomic E-state index is 4.78. The molecule has 0 amide bonds. The van der Waals surface area contributed by atoms with Crippen molar-refractivity contribution < 1.29 is 4.18 Å². The van der Waals surface area contributed by atoms with Crippen molar-refractivity contribution in [3.05, 3.63) is 12.3 Å². The van der Waals surface area contributed by atoms with Gasteiger partial charge in [0, 0.05) is 13.2 Å². The summed E-state index contributed by atoms with van der Waals surface area (Å²) in [7, 11) is 3.50. The Morgan fingerprint density at radius 1 is 1.78 bits per heavy atom. The van der Waals surface area contributed by atoms with E-state index in [-0.39, 0.29) is 0 Å². The van der Waals surface area contributed by atoms with Gasteiger partial charge in [-0.2, -0.15) is 5.10 Å². The molecule has 0 radical (unpaired) electrons. The topological polar surface area (TPSA) is 27.1 Å². The van der Waals surface area contributed by atoms with E-state index in [4.69, 9.17) is 4.18 Å². The van der Waals surface area contributed by atoms with Crippen molar-refractivity contribution >= 4 is 12.0 Å². The third-order valence-electron chi connectivity index (χ3n) is 0.858. The van der Waals surface area contributed by atoms with Gasteiger partial charge in [0.25, 0.3) is 0 Å². The number of hydrogen-bond donors (Lipinski definition) is 0. The summed E-state index contributed by atoms with van der Waals surface area (Å²) in [5, 5.41) is 4.94. The molecule has 4 heteroatoms. The summed E-state index contributed by atoms with van der Waals surface area (Å²) in [6, 6.07) is 1.90. The highest BCUT2D eigenvalue weighted by atomic mass is 32.2. The van der Waals surface area contributed by atoms with Gasteiger partial charge in [0.15, 0.2) is 0 Å². The largest absolute Gasteiger partial charge is 0.312 e. The molecule has 0 saturated heterocycles. The molecule has 0 atom stereocenters. The molecule has 0 N–H and O–H groups in total. The molecule has 0 spiro atoms. The molecule has 0 saturated carbocycles. The van der Waals surface area contributed by atoms with Crippen LogP contribution in [0.25, 0.3) is 0 Å². The second-order valence-electron chi connectivity index (χ2n) is 1.58. The van der Waals surface area contributed by atoms with Crippen LogP contribution in [-0.2, 0) is 11.2 Å². The van der Waals surface area contributed by atoms with Gasteiger partial charge >= 0.3 is 0 Å². The molecule has 0 bridgehead atoms. The summed E-state index contributed by atoms with van der Waals surface area (Å²) in [5.41, 5.74) is 0. The van der Waals surface area contributed by atoms with Gasteiger partial charge in [0.2, 0.25) is 0 Å². The quantitative estimate of drug-likeness (QED) is 0.581. The average molecular weight is 144 g/mol. The Hall–Kier alpha value is -0.480. The zero-order chi connectivity index (χ0) is 6.69. The molecule has 1 rings (SSSR count). The van der Waals surface area contributed by atoms with Gasteiger partial charge < -0.3 is 4.18 Å². The van der Waals surface area contributed by atoms with E-state index in [0.717, 1.165) is 5.03 Å². The first kappa shape index (κ1) is 6.64. The number of aryl methyl sites for hydroxylation is 1. The SMILES string of the molecule is COSc1ccn(C)n1. The van der Waals surface area contributed by atoms with Crippen LogP contribution in [0.4, 0.5) is 0 Å². The van der Waals surface area contributed by atoms with E-state index < -0.39 is 0 Å². The van der Waals surface area contributed by atoms with Crippen molar-refractivity contribution in [2.24, 2.45) is 7.05 Å². The van der Waals surface area contributed by atoms with E-state index >= 15 is 0 Å². The lowest BCUT2D eigenvalue weighted by Crippen LogP contribution is -1.86. The summed E-state index contributed by atoms with van der Waals surface area (Å²) in [6.45, 7) is 0. The summed E-state index contributed by atoms with van der Waals surface area (Å²) < 4.78 is 6.52. The van der Waals surface area contributed by atoms with Crippen LogP contribution >= 0.6 is 12.0 Å². The van der Waals surface area contributed by atoms with Crippen LogP contribution in [0.1, 0.15) is 0 Å².